The number of rotatable bonds is 7. The van der Waals surface area contributed by atoms with Crippen molar-refractivity contribution in [1.82, 2.24) is 9.55 Å². The Bertz CT molecular complexity index is 847. The molecule has 0 spiro atoms. The van der Waals surface area contributed by atoms with E-state index in [-0.39, 0.29) is 18.9 Å². The Balaban J connectivity index is 2.24. The SMILES string of the molecule is CC(C)C(=O)OCC1(COP(=O)(O)O)C/C1=C\n1cc(F)c(N)nc1=O. The zero-order valence-corrected chi connectivity index (χ0v) is 15.0. The summed E-state index contributed by atoms with van der Waals surface area (Å²) in [6, 6.07) is 0. The van der Waals surface area contributed by atoms with Crippen molar-refractivity contribution in [2.24, 2.45) is 11.3 Å². The molecule has 144 valence electrons. The van der Waals surface area contributed by atoms with Gasteiger partial charge in [0.05, 0.1) is 24.1 Å². The van der Waals surface area contributed by atoms with Gasteiger partial charge in [-0.05, 0) is 12.0 Å². The summed E-state index contributed by atoms with van der Waals surface area (Å²) in [4.78, 5) is 44.5. The van der Waals surface area contributed by atoms with Gasteiger partial charge in [0.15, 0.2) is 11.6 Å². The van der Waals surface area contributed by atoms with Gasteiger partial charge in [0.1, 0.15) is 6.61 Å². The van der Waals surface area contributed by atoms with Gasteiger partial charge in [-0.2, -0.15) is 4.98 Å². The molecular weight excluding hydrogens is 372 g/mol. The lowest BCUT2D eigenvalue weighted by molar-refractivity contribution is -0.149. The average molecular weight is 391 g/mol. The van der Waals surface area contributed by atoms with Crippen molar-refractivity contribution in [3.05, 3.63) is 28.1 Å². The van der Waals surface area contributed by atoms with E-state index in [1.165, 1.54) is 6.20 Å². The number of carbonyl (C=O) groups excluding carboxylic acids is 1. The molecule has 1 heterocycles. The van der Waals surface area contributed by atoms with Crippen molar-refractivity contribution in [3.8, 4) is 0 Å². The summed E-state index contributed by atoms with van der Waals surface area (Å²) in [5.74, 6) is -2.32. The lowest BCUT2D eigenvalue weighted by Gasteiger charge is -2.17. The molecule has 0 aromatic carbocycles. The van der Waals surface area contributed by atoms with Crippen LogP contribution in [0.1, 0.15) is 20.3 Å². The van der Waals surface area contributed by atoms with Gasteiger partial charge in [0.25, 0.3) is 0 Å². The Hall–Kier alpha value is -2.07. The zero-order chi connectivity index (χ0) is 19.7. The second-order valence-corrected chi connectivity index (χ2v) is 7.54. The Morgan fingerprint density at radius 2 is 2.19 bits per heavy atom. The second kappa shape index (κ2) is 7.28. The molecule has 1 unspecified atom stereocenters. The minimum Gasteiger partial charge on any atom is -0.464 e. The first-order valence-corrected chi connectivity index (χ1v) is 9.08. The Morgan fingerprint density at radius 1 is 1.54 bits per heavy atom. The van der Waals surface area contributed by atoms with Crippen molar-refractivity contribution < 1.29 is 32.8 Å². The van der Waals surface area contributed by atoms with Crippen molar-refractivity contribution in [2.45, 2.75) is 20.3 Å². The minimum atomic E-state index is -4.75. The van der Waals surface area contributed by atoms with Crippen molar-refractivity contribution >= 4 is 25.8 Å². The maximum absolute atomic E-state index is 13.5. The van der Waals surface area contributed by atoms with E-state index in [2.05, 4.69) is 9.51 Å². The van der Waals surface area contributed by atoms with E-state index in [4.69, 9.17) is 20.3 Å². The van der Waals surface area contributed by atoms with Gasteiger partial charge in [0, 0.05) is 6.20 Å². The monoisotopic (exact) mass is 391 g/mol. The van der Waals surface area contributed by atoms with Crippen LogP contribution in [0.2, 0.25) is 0 Å². The predicted molar refractivity (Wildman–Crippen MR) is 88.0 cm³/mol. The topological polar surface area (TPSA) is 154 Å². The van der Waals surface area contributed by atoms with Crippen LogP contribution < -0.4 is 11.4 Å². The molecule has 0 saturated heterocycles. The van der Waals surface area contributed by atoms with Crippen LogP contribution in [0, 0.1) is 17.2 Å². The third kappa shape index (κ3) is 4.98. The maximum atomic E-state index is 13.5. The van der Waals surface area contributed by atoms with Crippen LogP contribution in [0.15, 0.2) is 16.6 Å². The highest BCUT2D eigenvalue weighted by atomic mass is 31.2. The van der Waals surface area contributed by atoms with Crippen LogP contribution >= 0.6 is 7.82 Å². The first kappa shape index (κ1) is 20.2. The number of esters is 1. The first-order valence-electron chi connectivity index (χ1n) is 7.55. The average Bonchev–Trinajstić information content (AvgIpc) is 3.21. The Morgan fingerprint density at radius 3 is 2.77 bits per heavy atom. The van der Waals surface area contributed by atoms with Crippen LogP contribution in [0.5, 0.6) is 0 Å². The van der Waals surface area contributed by atoms with E-state index < -0.39 is 43.1 Å². The number of hydrogen-bond acceptors (Lipinski definition) is 7. The highest BCUT2D eigenvalue weighted by Gasteiger charge is 2.51. The van der Waals surface area contributed by atoms with Gasteiger partial charge in [0.2, 0.25) is 0 Å². The number of anilines is 1. The van der Waals surface area contributed by atoms with Crippen LogP contribution in [0.25, 0.3) is 6.20 Å². The highest BCUT2D eigenvalue weighted by Crippen LogP contribution is 2.55. The predicted octanol–water partition coefficient (Wildman–Crippen LogP) is 0.504. The third-order valence-electron chi connectivity index (χ3n) is 3.79. The first-order chi connectivity index (χ1) is 11.9. The van der Waals surface area contributed by atoms with E-state index in [0.29, 0.717) is 5.57 Å². The molecule has 2 rings (SSSR count). The largest absolute Gasteiger partial charge is 0.469 e. The summed E-state index contributed by atoms with van der Waals surface area (Å²) in [7, 11) is -4.75. The van der Waals surface area contributed by atoms with Crippen molar-refractivity contribution in [1.29, 1.82) is 0 Å². The number of phosphoric ester groups is 1. The highest BCUT2D eigenvalue weighted by molar-refractivity contribution is 7.46. The molecule has 1 fully saturated rings. The quantitative estimate of drug-likeness (QED) is 0.445. The molecule has 0 aliphatic heterocycles. The second-order valence-electron chi connectivity index (χ2n) is 6.30. The number of hydrogen-bond donors (Lipinski definition) is 3. The number of phosphoric acid groups is 1. The van der Waals surface area contributed by atoms with Crippen molar-refractivity contribution in [2.75, 3.05) is 18.9 Å². The molecule has 26 heavy (non-hydrogen) atoms. The summed E-state index contributed by atoms with van der Waals surface area (Å²) in [5.41, 5.74) is 3.85. The van der Waals surface area contributed by atoms with Gasteiger partial charge in [-0.15, -0.1) is 0 Å². The lowest BCUT2D eigenvalue weighted by Crippen LogP contribution is -2.23. The normalized spacial score (nSPS) is 21.2. The van der Waals surface area contributed by atoms with Crippen molar-refractivity contribution in [3.63, 3.8) is 0 Å². The van der Waals surface area contributed by atoms with E-state index in [1.807, 2.05) is 0 Å². The molecule has 1 atom stereocenters. The van der Waals surface area contributed by atoms with Crippen LogP contribution in [0.3, 0.4) is 0 Å². The molecule has 4 N–H and O–H groups in total. The molecule has 10 nitrogen and oxygen atoms in total. The fourth-order valence-electron chi connectivity index (χ4n) is 2.13. The molecular formula is C14H19FN3O7P. The molecule has 0 amide bonds. The molecule has 0 radical (unpaired) electrons. The lowest BCUT2D eigenvalue weighted by atomic mass is 10.1. The molecule has 12 heteroatoms. The summed E-state index contributed by atoms with van der Waals surface area (Å²) >= 11 is 0. The Labute approximate surface area is 147 Å². The van der Waals surface area contributed by atoms with E-state index >= 15 is 0 Å². The summed E-state index contributed by atoms with van der Waals surface area (Å²) in [6.07, 6.45) is 2.33. The maximum Gasteiger partial charge on any atom is 0.469 e. The molecule has 1 aliphatic rings. The fourth-order valence-corrected chi connectivity index (χ4v) is 2.55. The number of carbonyl (C=O) groups is 1. The molecule has 0 bridgehead atoms. The minimum absolute atomic E-state index is 0.199. The standard InChI is InChI=1S/C14H19FN3O7P/c1-8(2)12(19)24-6-14(7-25-26(21,22)23)3-9(14)4-18-5-10(15)11(16)17-13(18)20/h4-5,8H,3,6-7H2,1-2H3,(H2,16,17,20)(H2,21,22,23)/b9-4+. The number of halogens is 1. The smallest absolute Gasteiger partial charge is 0.464 e. The van der Waals surface area contributed by atoms with E-state index in [0.717, 1.165) is 10.8 Å². The number of nitrogen functional groups attached to an aromatic ring is 1. The molecule has 1 aromatic heterocycles. The molecule has 1 saturated carbocycles. The zero-order valence-electron chi connectivity index (χ0n) is 14.1. The van der Waals surface area contributed by atoms with Crippen LogP contribution in [-0.4, -0.2) is 38.5 Å². The number of nitrogens with zero attached hydrogens (tertiary/aromatic N) is 2. The summed E-state index contributed by atoms with van der Waals surface area (Å²) in [6.45, 7) is 2.63. The fraction of sp³-hybridized carbons (Fsp3) is 0.500. The Kier molecular flexibility index (Phi) is 5.67. The van der Waals surface area contributed by atoms with E-state index in [1.54, 1.807) is 13.8 Å². The van der Waals surface area contributed by atoms with Gasteiger partial charge in [-0.3, -0.25) is 13.9 Å². The van der Waals surface area contributed by atoms with Crippen LogP contribution in [0.4, 0.5) is 10.2 Å². The number of aromatic nitrogens is 2. The van der Waals surface area contributed by atoms with Gasteiger partial charge < -0.3 is 20.3 Å². The third-order valence-corrected chi connectivity index (χ3v) is 4.25. The van der Waals surface area contributed by atoms with E-state index in [9.17, 15) is 18.5 Å². The summed E-state index contributed by atoms with van der Waals surface area (Å²) < 4.78 is 35.0. The number of ether oxygens (including phenoxy) is 1. The van der Waals surface area contributed by atoms with Gasteiger partial charge in [-0.25, -0.2) is 13.8 Å². The molecule has 1 aromatic rings. The van der Waals surface area contributed by atoms with Gasteiger partial charge >= 0.3 is 19.5 Å². The number of nitrogens with two attached hydrogens (primary N) is 1. The summed E-state index contributed by atoms with van der Waals surface area (Å²) in [5, 5.41) is 0. The van der Waals surface area contributed by atoms with Crippen LogP contribution in [-0.2, 0) is 18.6 Å². The molecule has 1 aliphatic carbocycles. The van der Waals surface area contributed by atoms with Gasteiger partial charge in [-0.1, -0.05) is 13.8 Å².